The molecule has 0 saturated carbocycles. The molecule has 0 unspecified atom stereocenters. The molecule has 102 valence electrons. The molecule has 0 fully saturated rings. The average Bonchev–Trinajstić information content (AvgIpc) is 2.51. The quantitative estimate of drug-likeness (QED) is 0.563. The molecule has 2 aromatic rings. The highest BCUT2D eigenvalue weighted by atomic mass is 35.5. The summed E-state index contributed by atoms with van der Waals surface area (Å²) in [5.74, 6) is -0.393. The number of esters is 1. The molecule has 1 aliphatic rings. The molecule has 20 heavy (non-hydrogen) atoms. The number of hydrogen-bond donors (Lipinski definition) is 0. The second kappa shape index (κ2) is 5.12. The summed E-state index contributed by atoms with van der Waals surface area (Å²) in [5, 5.41) is -0.831. The molecule has 0 N–H and O–H groups in total. The Balaban J connectivity index is 2.31. The monoisotopic (exact) mass is 306 g/mol. The second-order valence-electron chi connectivity index (χ2n) is 4.65. The number of fused-ring (bicyclic) bond motifs is 3. The van der Waals surface area contributed by atoms with E-state index in [0.29, 0.717) is 5.56 Å². The fourth-order valence-corrected chi connectivity index (χ4v) is 3.36. The Morgan fingerprint density at radius 3 is 2.45 bits per heavy atom. The number of methoxy groups -OCH3 is 1. The Morgan fingerprint density at radius 2 is 1.70 bits per heavy atom. The molecule has 0 radical (unpaired) electrons. The lowest BCUT2D eigenvalue weighted by Crippen LogP contribution is -2.15. The van der Waals surface area contributed by atoms with Crippen molar-refractivity contribution in [1.29, 1.82) is 0 Å². The molecule has 2 nitrogen and oxygen atoms in total. The zero-order chi connectivity index (χ0) is 14.3. The molecule has 0 amide bonds. The van der Waals surface area contributed by atoms with E-state index in [0.717, 1.165) is 22.3 Å². The molecular weight excluding hydrogens is 295 g/mol. The molecule has 0 spiro atoms. The lowest BCUT2D eigenvalue weighted by Gasteiger charge is -2.29. The largest absolute Gasteiger partial charge is 0.465 e. The molecule has 0 aromatic heterocycles. The first-order valence-electron chi connectivity index (χ1n) is 6.23. The zero-order valence-corrected chi connectivity index (χ0v) is 12.3. The Kier molecular flexibility index (Phi) is 3.45. The first-order valence-corrected chi connectivity index (χ1v) is 7.11. The second-order valence-corrected chi connectivity index (χ2v) is 5.59. The van der Waals surface area contributed by atoms with Gasteiger partial charge in [0.15, 0.2) is 0 Å². The summed E-state index contributed by atoms with van der Waals surface area (Å²) in [6.45, 7) is 0. The van der Waals surface area contributed by atoms with Crippen LogP contribution >= 0.6 is 23.2 Å². The van der Waals surface area contributed by atoms with Crippen molar-refractivity contribution in [2.75, 3.05) is 7.11 Å². The Bertz CT molecular complexity index is 682. The van der Waals surface area contributed by atoms with Crippen LogP contribution in [-0.4, -0.2) is 13.1 Å². The van der Waals surface area contributed by atoms with Crippen LogP contribution in [0.1, 0.15) is 32.2 Å². The number of alkyl halides is 2. The molecule has 1 aliphatic carbocycles. The van der Waals surface area contributed by atoms with Gasteiger partial charge in [0.1, 0.15) is 0 Å². The van der Waals surface area contributed by atoms with Crippen LogP contribution in [0.25, 0.3) is 11.1 Å². The highest BCUT2D eigenvalue weighted by molar-refractivity contribution is 6.31. The summed E-state index contributed by atoms with van der Waals surface area (Å²) in [4.78, 5) is 11.9. The van der Waals surface area contributed by atoms with Crippen LogP contribution in [0.15, 0.2) is 42.5 Å². The van der Waals surface area contributed by atoms with Crippen LogP contribution in [-0.2, 0) is 4.74 Å². The van der Waals surface area contributed by atoms with Crippen LogP contribution in [0.3, 0.4) is 0 Å². The van der Waals surface area contributed by atoms with E-state index in [1.54, 1.807) is 6.07 Å². The van der Waals surface area contributed by atoms with E-state index >= 15 is 0 Å². The molecule has 0 bridgehead atoms. The molecular formula is C16H12Cl2O2. The van der Waals surface area contributed by atoms with Gasteiger partial charge in [-0.3, -0.25) is 0 Å². The van der Waals surface area contributed by atoms with Crippen molar-refractivity contribution in [2.24, 2.45) is 0 Å². The van der Waals surface area contributed by atoms with Gasteiger partial charge >= 0.3 is 5.97 Å². The van der Waals surface area contributed by atoms with Crippen molar-refractivity contribution >= 4 is 29.2 Å². The number of hydrogen-bond acceptors (Lipinski definition) is 2. The van der Waals surface area contributed by atoms with Crippen LogP contribution in [0, 0.1) is 0 Å². The van der Waals surface area contributed by atoms with Crippen LogP contribution in [0.5, 0.6) is 0 Å². The molecule has 0 aliphatic heterocycles. The van der Waals surface area contributed by atoms with Gasteiger partial charge in [0, 0.05) is 0 Å². The van der Waals surface area contributed by atoms with Crippen LogP contribution < -0.4 is 0 Å². The van der Waals surface area contributed by atoms with E-state index < -0.39 is 11.3 Å². The minimum Gasteiger partial charge on any atom is -0.465 e. The van der Waals surface area contributed by atoms with Gasteiger partial charge in [0.05, 0.1) is 23.4 Å². The van der Waals surface area contributed by atoms with Gasteiger partial charge in [-0.2, -0.15) is 0 Å². The third-order valence-electron chi connectivity index (χ3n) is 3.59. The van der Waals surface area contributed by atoms with E-state index in [1.807, 2.05) is 36.4 Å². The van der Waals surface area contributed by atoms with Gasteiger partial charge in [-0.05, 0) is 28.3 Å². The van der Waals surface area contributed by atoms with E-state index in [1.165, 1.54) is 7.11 Å². The van der Waals surface area contributed by atoms with Gasteiger partial charge in [-0.1, -0.05) is 36.4 Å². The van der Waals surface area contributed by atoms with Crippen molar-refractivity contribution < 1.29 is 9.53 Å². The predicted molar refractivity (Wildman–Crippen MR) is 80.4 cm³/mol. The summed E-state index contributed by atoms with van der Waals surface area (Å²) in [6.07, 6.45) is 0. The van der Waals surface area contributed by atoms with Gasteiger partial charge in [-0.25, -0.2) is 4.79 Å². The lowest BCUT2D eigenvalue weighted by atomic mass is 9.82. The van der Waals surface area contributed by atoms with Crippen molar-refractivity contribution in [3.8, 4) is 11.1 Å². The molecule has 2 atom stereocenters. The van der Waals surface area contributed by atoms with E-state index in [4.69, 9.17) is 27.9 Å². The Morgan fingerprint density at radius 1 is 1.00 bits per heavy atom. The molecule has 2 aromatic carbocycles. The van der Waals surface area contributed by atoms with Crippen molar-refractivity contribution in [1.82, 2.24) is 0 Å². The minimum absolute atomic E-state index is 0.369. The first-order chi connectivity index (χ1) is 9.65. The number of benzene rings is 2. The number of rotatable bonds is 1. The van der Waals surface area contributed by atoms with Gasteiger partial charge in [-0.15, -0.1) is 23.2 Å². The van der Waals surface area contributed by atoms with Crippen LogP contribution in [0.2, 0.25) is 0 Å². The number of ether oxygens (including phenoxy) is 1. The highest BCUT2D eigenvalue weighted by Crippen LogP contribution is 2.51. The maximum atomic E-state index is 11.9. The predicted octanol–water partition coefficient (Wildman–Crippen LogP) is 4.71. The summed E-state index contributed by atoms with van der Waals surface area (Å²) in [6, 6.07) is 13.4. The maximum Gasteiger partial charge on any atom is 0.338 e. The standard InChI is InChI=1S/C16H12Cl2O2/c1-20-16(19)12-8-4-7-10-9-5-2-3-6-11(9)14(17)15(18)13(10)12/h2-8,14-15H,1H3/t14-,15-/m1/s1. The fourth-order valence-electron chi connectivity index (χ4n) is 2.67. The normalized spacial score (nSPS) is 19.9. The van der Waals surface area contributed by atoms with Gasteiger partial charge < -0.3 is 4.74 Å². The SMILES string of the molecule is COC(=O)c1cccc2c1[C@@H](Cl)[C@H](Cl)c1ccccc1-2. The first kappa shape index (κ1) is 13.5. The maximum absolute atomic E-state index is 11.9. The minimum atomic E-state index is -0.461. The summed E-state index contributed by atoms with van der Waals surface area (Å²) >= 11 is 13.0. The van der Waals surface area contributed by atoms with E-state index in [2.05, 4.69) is 0 Å². The number of carbonyl (C=O) groups excluding carboxylic acids is 1. The molecule has 4 heteroatoms. The molecule has 3 rings (SSSR count). The van der Waals surface area contributed by atoms with Gasteiger partial charge in [0.2, 0.25) is 0 Å². The molecule has 0 heterocycles. The molecule has 0 saturated heterocycles. The van der Waals surface area contributed by atoms with Gasteiger partial charge in [0.25, 0.3) is 0 Å². The summed E-state index contributed by atoms with van der Waals surface area (Å²) < 4.78 is 4.83. The topological polar surface area (TPSA) is 26.3 Å². The van der Waals surface area contributed by atoms with E-state index in [9.17, 15) is 4.79 Å². The van der Waals surface area contributed by atoms with Crippen molar-refractivity contribution in [2.45, 2.75) is 10.8 Å². The average molecular weight is 307 g/mol. The number of carbonyl (C=O) groups is 1. The zero-order valence-electron chi connectivity index (χ0n) is 10.8. The highest BCUT2D eigenvalue weighted by Gasteiger charge is 2.34. The fraction of sp³-hybridized carbons (Fsp3) is 0.188. The van der Waals surface area contributed by atoms with Crippen molar-refractivity contribution in [3.63, 3.8) is 0 Å². The smallest absolute Gasteiger partial charge is 0.338 e. The summed E-state index contributed by atoms with van der Waals surface area (Å²) in [7, 11) is 1.36. The van der Waals surface area contributed by atoms with Crippen molar-refractivity contribution in [3.05, 3.63) is 59.2 Å². The third-order valence-corrected chi connectivity index (χ3v) is 4.68. The van der Waals surface area contributed by atoms with E-state index in [-0.39, 0.29) is 5.38 Å². The third kappa shape index (κ3) is 1.91. The Hall–Kier alpha value is -1.51. The summed E-state index contributed by atoms with van der Waals surface area (Å²) in [5.41, 5.74) is 4.18. The van der Waals surface area contributed by atoms with Crippen LogP contribution in [0.4, 0.5) is 0 Å². The lowest BCUT2D eigenvalue weighted by molar-refractivity contribution is 0.0599. The Labute approximate surface area is 127 Å². The number of halogens is 2.